The van der Waals surface area contributed by atoms with Crippen LogP contribution in [0.25, 0.3) is 0 Å². The Labute approximate surface area is 173 Å². The van der Waals surface area contributed by atoms with E-state index in [-0.39, 0.29) is 19.1 Å². The number of aryl methyl sites for hydroxylation is 2. The minimum absolute atomic E-state index is 0.0206. The summed E-state index contributed by atoms with van der Waals surface area (Å²) < 4.78 is 45.9. The van der Waals surface area contributed by atoms with E-state index < -0.39 is 6.61 Å². The number of fused-ring (bicyclic) bond motifs is 1. The molecule has 1 aliphatic rings. The molecule has 0 spiro atoms. The van der Waals surface area contributed by atoms with Crippen LogP contribution in [-0.4, -0.2) is 37.6 Å². The SMILES string of the molecule is CCNC(=NCc1cc2c(cc1OC(F)F)OCO2)NCCCc1c(C)noc1C. The van der Waals surface area contributed by atoms with Gasteiger partial charge >= 0.3 is 6.61 Å². The van der Waals surface area contributed by atoms with E-state index in [2.05, 4.69) is 25.5 Å². The Hall–Kier alpha value is -3.04. The van der Waals surface area contributed by atoms with Gasteiger partial charge in [0.15, 0.2) is 17.5 Å². The second-order valence-electron chi connectivity index (χ2n) is 6.72. The van der Waals surface area contributed by atoms with E-state index in [1.807, 2.05) is 20.8 Å². The number of benzene rings is 1. The van der Waals surface area contributed by atoms with Crippen LogP contribution in [0.5, 0.6) is 17.2 Å². The van der Waals surface area contributed by atoms with Crippen molar-refractivity contribution in [1.29, 1.82) is 0 Å². The molecule has 1 aromatic carbocycles. The van der Waals surface area contributed by atoms with Gasteiger partial charge in [0.2, 0.25) is 6.79 Å². The molecule has 0 aliphatic carbocycles. The van der Waals surface area contributed by atoms with Gasteiger partial charge in [-0.05, 0) is 39.7 Å². The molecule has 0 radical (unpaired) electrons. The number of ether oxygens (including phenoxy) is 3. The average Bonchev–Trinajstić information content (AvgIpc) is 3.28. The van der Waals surface area contributed by atoms with E-state index >= 15 is 0 Å². The number of guanidine groups is 1. The highest BCUT2D eigenvalue weighted by Gasteiger charge is 2.20. The molecule has 0 amide bonds. The zero-order chi connectivity index (χ0) is 21.5. The molecule has 0 atom stereocenters. The number of hydrogen-bond donors (Lipinski definition) is 2. The highest BCUT2D eigenvalue weighted by atomic mass is 19.3. The van der Waals surface area contributed by atoms with E-state index in [9.17, 15) is 8.78 Å². The Morgan fingerprint density at radius 1 is 1.23 bits per heavy atom. The van der Waals surface area contributed by atoms with Gasteiger partial charge in [0, 0.05) is 30.3 Å². The molecule has 0 saturated heterocycles. The molecule has 2 N–H and O–H groups in total. The quantitative estimate of drug-likeness (QED) is 0.363. The van der Waals surface area contributed by atoms with Gasteiger partial charge in [-0.2, -0.15) is 8.78 Å². The fraction of sp³-hybridized carbons (Fsp3) is 0.500. The van der Waals surface area contributed by atoms with Crippen molar-refractivity contribution < 1.29 is 27.5 Å². The Balaban J connectivity index is 1.62. The second-order valence-corrected chi connectivity index (χ2v) is 6.72. The molecule has 0 bridgehead atoms. The number of alkyl halides is 2. The van der Waals surface area contributed by atoms with Crippen molar-refractivity contribution in [1.82, 2.24) is 15.8 Å². The molecule has 0 unspecified atom stereocenters. The standard InChI is InChI=1S/C20H26F2N4O4/c1-4-23-20(24-7-5-6-15-12(2)26-30-13(15)3)25-10-14-8-17-18(28-11-27-17)9-16(14)29-19(21)22/h8-9,19H,4-7,10-11H2,1-3H3,(H2,23,24,25). The lowest BCUT2D eigenvalue weighted by molar-refractivity contribution is -0.0505. The van der Waals surface area contributed by atoms with Crippen molar-refractivity contribution in [3.63, 3.8) is 0 Å². The molecule has 30 heavy (non-hydrogen) atoms. The third kappa shape index (κ3) is 5.52. The van der Waals surface area contributed by atoms with Gasteiger partial charge in [0.1, 0.15) is 11.5 Å². The van der Waals surface area contributed by atoms with Crippen LogP contribution >= 0.6 is 0 Å². The van der Waals surface area contributed by atoms with Crippen LogP contribution in [0.1, 0.15) is 35.9 Å². The van der Waals surface area contributed by atoms with Crippen molar-refractivity contribution in [2.45, 2.75) is 46.8 Å². The molecule has 10 heteroatoms. The van der Waals surface area contributed by atoms with Gasteiger partial charge in [0.25, 0.3) is 0 Å². The summed E-state index contributed by atoms with van der Waals surface area (Å²) in [5.74, 6) is 2.30. The summed E-state index contributed by atoms with van der Waals surface area (Å²) in [6.45, 7) is 4.36. The normalized spacial score (nSPS) is 13.1. The number of halogens is 2. The van der Waals surface area contributed by atoms with Crippen LogP contribution < -0.4 is 24.8 Å². The van der Waals surface area contributed by atoms with Crippen LogP contribution in [0, 0.1) is 13.8 Å². The van der Waals surface area contributed by atoms with Crippen molar-refractivity contribution in [3.8, 4) is 17.2 Å². The summed E-state index contributed by atoms with van der Waals surface area (Å²) in [6.07, 6.45) is 1.69. The van der Waals surface area contributed by atoms with Crippen molar-refractivity contribution in [2.24, 2.45) is 4.99 Å². The van der Waals surface area contributed by atoms with Crippen LogP contribution in [0.4, 0.5) is 8.78 Å². The van der Waals surface area contributed by atoms with E-state index in [0.717, 1.165) is 29.9 Å². The van der Waals surface area contributed by atoms with E-state index in [4.69, 9.17) is 14.0 Å². The number of aromatic nitrogens is 1. The predicted molar refractivity (Wildman–Crippen MR) is 106 cm³/mol. The third-order valence-corrected chi connectivity index (χ3v) is 4.60. The predicted octanol–water partition coefficient (Wildman–Crippen LogP) is 3.31. The topological polar surface area (TPSA) is 90.1 Å². The molecule has 8 nitrogen and oxygen atoms in total. The first-order chi connectivity index (χ1) is 14.5. The molecule has 2 heterocycles. The second kappa shape index (κ2) is 10.1. The lowest BCUT2D eigenvalue weighted by atomic mass is 10.1. The number of nitrogens with zero attached hydrogens (tertiary/aromatic N) is 2. The summed E-state index contributed by atoms with van der Waals surface area (Å²) in [5.41, 5.74) is 2.50. The van der Waals surface area contributed by atoms with E-state index in [0.29, 0.717) is 36.1 Å². The molecule has 1 aliphatic heterocycles. The van der Waals surface area contributed by atoms with Crippen LogP contribution in [0.2, 0.25) is 0 Å². The van der Waals surface area contributed by atoms with Gasteiger partial charge in [0.05, 0.1) is 12.2 Å². The average molecular weight is 424 g/mol. The minimum Gasteiger partial charge on any atom is -0.454 e. The highest BCUT2D eigenvalue weighted by molar-refractivity contribution is 5.79. The Morgan fingerprint density at radius 3 is 2.67 bits per heavy atom. The van der Waals surface area contributed by atoms with Crippen LogP contribution in [-0.2, 0) is 13.0 Å². The summed E-state index contributed by atoms with van der Waals surface area (Å²) >= 11 is 0. The minimum atomic E-state index is -2.94. The van der Waals surface area contributed by atoms with Crippen LogP contribution in [0.3, 0.4) is 0 Å². The van der Waals surface area contributed by atoms with Crippen LogP contribution in [0.15, 0.2) is 21.6 Å². The van der Waals surface area contributed by atoms with Gasteiger partial charge in [-0.3, -0.25) is 0 Å². The molecule has 3 rings (SSSR count). The number of aliphatic imine (C=N–C) groups is 1. The van der Waals surface area contributed by atoms with Gasteiger partial charge in [-0.1, -0.05) is 5.16 Å². The summed E-state index contributed by atoms with van der Waals surface area (Å²) in [5, 5.41) is 10.4. The van der Waals surface area contributed by atoms with Gasteiger partial charge in [-0.25, -0.2) is 4.99 Å². The Morgan fingerprint density at radius 2 is 2.00 bits per heavy atom. The Bertz CT molecular complexity index is 866. The maximum absolute atomic E-state index is 12.8. The molecule has 0 saturated carbocycles. The summed E-state index contributed by atoms with van der Waals surface area (Å²) in [4.78, 5) is 4.49. The largest absolute Gasteiger partial charge is 0.454 e. The molecular formula is C20H26F2N4O4. The molecule has 0 fully saturated rings. The maximum Gasteiger partial charge on any atom is 0.387 e. The smallest absolute Gasteiger partial charge is 0.387 e. The monoisotopic (exact) mass is 424 g/mol. The van der Waals surface area contributed by atoms with Crippen molar-refractivity contribution in [2.75, 3.05) is 19.9 Å². The molecule has 1 aromatic heterocycles. The number of rotatable bonds is 9. The van der Waals surface area contributed by atoms with Crippen molar-refractivity contribution >= 4 is 5.96 Å². The summed E-state index contributed by atoms with van der Waals surface area (Å²) in [7, 11) is 0. The zero-order valence-corrected chi connectivity index (χ0v) is 17.3. The number of nitrogens with one attached hydrogen (secondary N) is 2. The third-order valence-electron chi connectivity index (χ3n) is 4.60. The first kappa shape index (κ1) is 21.7. The Kier molecular flexibility index (Phi) is 7.31. The fourth-order valence-corrected chi connectivity index (χ4v) is 3.13. The fourth-order valence-electron chi connectivity index (χ4n) is 3.13. The maximum atomic E-state index is 12.8. The van der Waals surface area contributed by atoms with Crippen molar-refractivity contribution in [3.05, 3.63) is 34.7 Å². The van der Waals surface area contributed by atoms with Gasteiger partial charge < -0.3 is 29.4 Å². The lowest BCUT2D eigenvalue weighted by Gasteiger charge is -2.13. The van der Waals surface area contributed by atoms with Gasteiger partial charge in [-0.15, -0.1) is 0 Å². The first-order valence-electron chi connectivity index (χ1n) is 9.79. The molecule has 2 aromatic rings. The highest BCUT2D eigenvalue weighted by Crippen LogP contribution is 2.39. The zero-order valence-electron chi connectivity index (χ0n) is 17.3. The molecular weight excluding hydrogens is 398 g/mol. The van der Waals surface area contributed by atoms with E-state index in [1.165, 1.54) is 6.07 Å². The number of hydrogen-bond acceptors (Lipinski definition) is 6. The van der Waals surface area contributed by atoms with E-state index in [1.54, 1.807) is 6.07 Å². The lowest BCUT2D eigenvalue weighted by Crippen LogP contribution is -2.37. The first-order valence-corrected chi connectivity index (χ1v) is 9.79. The summed E-state index contributed by atoms with van der Waals surface area (Å²) in [6, 6.07) is 3.02. The molecule has 164 valence electrons.